The molecule has 0 saturated carbocycles. The standard InChI is InChI=1S/C54H44N6/c1-57-49-13-5-9-45(33-49)37-19-27-41(28-20-37)53-51(39-23-15-35(16-24-39)43-7-3-11-47(55)31-43)60-54(42-29-21-38(22-30-42)46-10-6-14-50(34-46)58-2)52(59-53)40-25-17-36(18-26-40)44-8-4-12-48(56)32-44/h3-34,57-58H,55-56H2,1-2H3. The van der Waals surface area contributed by atoms with Crippen LogP contribution in [0.4, 0.5) is 22.7 Å². The molecule has 0 radical (unpaired) electrons. The molecule has 9 aromatic rings. The van der Waals surface area contributed by atoms with E-state index in [2.05, 4.69) is 168 Å². The number of nitrogen functional groups attached to an aromatic ring is 2. The van der Waals surface area contributed by atoms with Crippen LogP contribution in [0.5, 0.6) is 0 Å². The molecule has 1 aromatic heterocycles. The molecule has 0 spiro atoms. The first-order valence-corrected chi connectivity index (χ1v) is 20.0. The van der Waals surface area contributed by atoms with Gasteiger partial charge in [0.2, 0.25) is 0 Å². The molecular weight excluding hydrogens is 733 g/mol. The molecule has 6 nitrogen and oxygen atoms in total. The normalized spacial score (nSPS) is 11.0. The van der Waals surface area contributed by atoms with E-state index in [1.165, 1.54) is 0 Å². The first kappa shape index (κ1) is 37.6. The lowest BCUT2D eigenvalue weighted by atomic mass is 9.95. The number of nitrogens with two attached hydrogens (primary N) is 2. The smallest absolute Gasteiger partial charge is 0.0973 e. The summed E-state index contributed by atoms with van der Waals surface area (Å²) in [6.45, 7) is 0. The number of nitrogens with zero attached hydrogens (tertiary/aromatic N) is 2. The summed E-state index contributed by atoms with van der Waals surface area (Å²) in [5.74, 6) is 0. The third kappa shape index (κ3) is 7.82. The highest BCUT2D eigenvalue weighted by atomic mass is 14.9. The zero-order valence-electron chi connectivity index (χ0n) is 33.5. The Morgan fingerprint density at radius 1 is 0.283 bits per heavy atom. The van der Waals surface area contributed by atoms with Gasteiger partial charge in [-0.2, -0.15) is 0 Å². The maximum Gasteiger partial charge on any atom is 0.0973 e. The highest BCUT2D eigenvalue weighted by Crippen LogP contribution is 2.40. The summed E-state index contributed by atoms with van der Waals surface area (Å²) in [6.07, 6.45) is 0. The van der Waals surface area contributed by atoms with Crippen molar-refractivity contribution in [1.82, 2.24) is 9.97 Å². The van der Waals surface area contributed by atoms with Crippen LogP contribution in [0.15, 0.2) is 194 Å². The van der Waals surface area contributed by atoms with Gasteiger partial charge in [-0.05, 0) is 93.0 Å². The summed E-state index contributed by atoms with van der Waals surface area (Å²) in [5, 5.41) is 6.51. The molecule has 0 amide bonds. The number of benzene rings is 8. The summed E-state index contributed by atoms with van der Waals surface area (Å²) in [5.41, 5.74) is 31.7. The molecule has 0 aliphatic heterocycles. The molecule has 8 aromatic carbocycles. The Labute approximate surface area is 351 Å². The lowest BCUT2D eigenvalue weighted by Crippen LogP contribution is -2.01. The molecule has 0 fully saturated rings. The minimum Gasteiger partial charge on any atom is -0.399 e. The molecule has 0 unspecified atom stereocenters. The maximum absolute atomic E-state index is 6.17. The molecule has 60 heavy (non-hydrogen) atoms. The quantitative estimate of drug-likeness (QED) is 0.103. The Kier molecular flexibility index (Phi) is 10.3. The van der Waals surface area contributed by atoms with Gasteiger partial charge in [0.25, 0.3) is 0 Å². The van der Waals surface area contributed by atoms with Gasteiger partial charge in [0, 0.05) is 59.1 Å². The number of hydrogen-bond donors (Lipinski definition) is 4. The van der Waals surface area contributed by atoms with E-state index < -0.39 is 0 Å². The van der Waals surface area contributed by atoms with Gasteiger partial charge in [-0.25, -0.2) is 9.97 Å². The highest BCUT2D eigenvalue weighted by molar-refractivity contribution is 5.88. The molecular formula is C54H44N6. The van der Waals surface area contributed by atoms with E-state index in [9.17, 15) is 0 Å². The summed E-state index contributed by atoms with van der Waals surface area (Å²) < 4.78 is 0. The fraction of sp³-hybridized carbons (Fsp3) is 0.0370. The van der Waals surface area contributed by atoms with Gasteiger partial charge < -0.3 is 22.1 Å². The van der Waals surface area contributed by atoms with Crippen LogP contribution < -0.4 is 22.1 Å². The van der Waals surface area contributed by atoms with Crippen molar-refractivity contribution < 1.29 is 0 Å². The summed E-state index contributed by atoms with van der Waals surface area (Å²) in [6, 6.07) is 67.1. The van der Waals surface area contributed by atoms with Gasteiger partial charge >= 0.3 is 0 Å². The minimum atomic E-state index is 0.729. The third-order valence-corrected chi connectivity index (χ3v) is 10.9. The topological polar surface area (TPSA) is 102 Å². The Morgan fingerprint density at radius 2 is 0.533 bits per heavy atom. The fourth-order valence-corrected chi connectivity index (χ4v) is 7.67. The Hall–Kier alpha value is -7.96. The average molecular weight is 777 g/mol. The van der Waals surface area contributed by atoms with Crippen molar-refractivity contribution >= 4 is 22.7 Å². The van der Waals surface area contributed by atoms with Crippen LogP contribution in [-0.4, -0.2) is 24.1 Å². The van der Waals surface area contributed by atoms with Crippen molar-refractivity contribution in [3.63, 3.8) is 0 Å². The number of hydrogen-bond acceptors (Lipinski definition) is 6. The van der Waals surface area contributed by atoms with Gasteiger partial charge in [0.1, 0.15) is 0 Å². The number of nitrogens with one attached hydrogen (secondary N) is 2. The van der Waals surface area contributed by atoms with Crippen molar-refractivity contribution in [3.8, 4) is 89.5 Å². The monoisotopic (exact) mass is 776 g/mol. The lowest BCUT2D eigenvalue weighted by Gasteiger charge is -2.17. The highest BCUT2D eigenvalue weighted by Gasteiger charge is 2.20. The number of rotatable bonds is 10. The van der Waals surface area contributed by atoms with Crippen LogP contribution in [0, 0.1) is 0 Å². The van der Waals surface area contributed by atoms with Crippen molar-refractivity contribution in [1.29, 1.82) is 0 Å². The second-order valence-electron chi connectivity index (χ2n) is 14.8. The first-order chi connectivity index (χ1) is 29.4. The molecule has 0 bridgehead atoms. The van der Waals surface area contributed by atoms with Crippen molar-refractivity contribution in [3.05, 3.63) is 194 Å². The fourth-order valence-electron chi connectivity index (χ4n) is 7.67. The zero-order chi connectivity index (χ0) is 41.0. The zero-order valence-corrected chi connectivity index (χ0v) is 33.5. The maximum atomic E-state index is 6.17. The Balaban J connectivity index is 1.22. The van der Waals surface area contributed by atoms with Crippen LogP contribution >= 0.6 is 0 Å². The SMILES string of the molecule is CNc1cccc(-c2ccc(-c3nc(-c4ccc(-c5cccc(N)c5)cc4)c(-c4ccc(-c5cccc(NC)c5)cc4)nc3-c3ccc(-c4cccc(N)c4)cc3)cc2)c1. The molecule has 0 atom stereocenters. The molecule has 1 heterocycles. The van der Waals surface area contributed by atoms with Gasteiger partial charge in [0.15, 0.2) is 0 Å². The second kappa shape index (κ2) is 16.5. The van der Waals surface area contributed by atoms with Crippen LogP contribution in [0.3, 0.4) is 0 Å². The van der Waals surface area contributed by atoms with Crippen LogP contribution in [-0.2, 0) is 0 Å². The van der Waals surface area contributed by atoms with Crippen molar-refractivity contribution in [2.24, 2.45) is 0 Å². The largest absolute Gasteiger partial charge is 0.399 e. The molecule has 9 rings (SSSR count). The van der Waals surface area contributed by atoms with E-state index in [1.54, 1.807) is 0 Å². The first-order valence-electron chi connectivity index (χ1n) is 20.0. The summed E-state index contributed by atoms with van der Waals surface area (Å²) in [4.78, 5) is 11.2. The Bertz CT molecular complexity index is 2730. The summed E-state index contributed by atoms with van der Waals surface area (Å²) >= 11 is 0. The van der Waals surface area contributed by atoms with E-state index in [0.717, 1.165) is 112 Å². The average Bonchev–Trinajstić information content (AvgIpc) is 3.31. The van der Waals surface area contributed by atoms with Crippen LogP contribution in [0.25, 0.3) is 89.5 Å². The van der Waals surface area contributed by atoms with Crippen molar-refractivity contribution in [2.75, 3.05) is 36.2 Å². The van der Waals surface area contributed by atoms with E-state index in [1.807, 2.05) is 50.5 Å². The molecule has 290 valence electrons. The van der Waals surface area contributed by atoms with Crippen molar-refractivity contribution in [2.45, 2.75) is 0 Å². The molecule has 0 aliphatic carbocycles. The van der Waals surface area contributed by atoms with E-state index in [-0.39, 0.29) is 0 Å². The van der Waals surface area contributed by atoms with E-state index in [0.29, 0.717) is 0 Å². The molecule has 6 heteroatoms. The summed E-state index contributed by atoms with van der Waals surface area (Å²) in [7, 11) is 3.88. The lowest BCUT2D eigenvalue weighted by molar-refractivity contribution is 1.21. The van der Waals surface area contributed by atoms with Crippen LogP contribution in [0.1, 0.15) is 0 Å². The predicted octanol–water partition coefficient (Wildman–Crippen LogP) is 13.1. The number of aromatic nitrogens is 2. The van der Waals surface area contributed by atoms with Crippen LogP contribution in [0.2, 0.25) is 0 Å². The number of anilines is 4. The second-order valence-corrected chi connectivity index (χ2v) is 14.8. The molecule has 0 saturated heterocycles. The third-order valence-electron chi connectivity index (χ3n) is 10.9. The van der Waals surface area contributed by atoms with Gasteiger partial charge in [-0.1, -0.05) is 146 Å². The van der Waals surface area contributed by atoms with Gasteiger partial charge in [-0.15, -0.1) is 0 Å². The molecule has 6 N–H and O–H groups in total. The van der Waals surface area contributed by atoms with Gasteiger partial charge in [0.05, 0.1) is 22.8 Å². The van der Waals surface area contributed by atoms with Gasteiger partial charge in [-0.3, -0.25) is 0 Å². The minimum absolute atomic E-state index is 0.729. The van der Waals surface area contributed by atoms with E-state index in [4.69, 9.17) is 21.4 Å². The molecule has 0 aliphatic rings. The predicted molar refractivity (Wildman–Crippen MR) is 253 cm³/mol. The Morgan fingerprint density at radius 3 is 0.800 bits per heavy atom. The van der Waals surface area contributed by atoms with E-state index >= 15 is 0 Å².